The van der Waals surface area contributed by atoms with Crippen molar-refractivity contribution in [1.29, 1.82) is 0 Å². The molecule has 0 aliphatic heterocycles. The Morgan fingerprint density at radius 2 is 1.89 bits per heavy atom. The molecule has 2 N–H and O–H groups in total. The van der Waals surface area contributed by atoms with E-state index in [2.05, 4.69) is 9.71 Å². The van der Waals surface area contributed by atoms with Gasteiger partial charge < -0.3 is 4.98 Å². The molecule has 2 heterocycles. The van der Waals surface area contributed by atoms with Gasteiger partial charge in [-0.2, -0.15) is 5.10 Å². The molecule has 0 atom stereocenters. The van der Waals surface area contributed by atoms with Gasteiger partial charge in [-0.05, 0) is 43.5 Å². The minimum Gasteiger partial charge on any atom is -0.306 e. The third kappa shape index (κ3) is 3.54. The number of aromatic nitrogens is 4. The third-order valence-electron chi connectivity index (χ3n) is 5.10. The fourth-order valence-corrected chi connectivity index (χ4v) is 4.38. The molecule has 28 heavy (non-hydrogen) atoms. The number of hydrogen-bond acceptors (Lipinski definition) is 5. The van der Waals surface area contributed by atoms with E-state index in [9.17, 15) is 13.2 Å². The molecule has 3 aromatic rings. The number of nitrogens with zero attached hydrogens (tertiary/aromatic N) is 3. The first kappa shape index (κ1) is 18.7. The van der Waals surface area contributed by atoms with Crippen LogP contribution in [0.25, 0.3) is 22.4 Å². The normalized spacial score (nSPS) is 15.4. The second kappa shape index (κ2) is 7.05. The zero-order valence-electron chi connectivity index (χ0n) is 15.9. The Balaban J connectivity index is 1.80. The van der Waals surface area contributed by atoms with Gasteiger partial charge in [0.2, 0.25) is 10.0 Å². The molecule has 0 spiro atoms. The smallest absolute Gasteiger partial charge is 0.262 e. The van der Waals surface area contributed by atoms with Gasteiger partial charge in [-0.3, -0.25) is 9.52 Å². The standard InChI is InChI=1S/C19H23N5O3S/c1-3-15-16-18(24(22-15)14-6-4-5-7-14)20-17(21-19(16)25)12-8-10-13(11-9-12)23-28(2,26)27/h8-11,14,23H,3-7H2,1-2H3,(H,20,21,25). The first-order chi connectivity index (χ1) is 13.4. The Morgan fingerprint density at radius 1 is 1.21 bits per heavy atom. The highest BCUT2D eigenvalue weighted by molar-refractivity contribution is 7.92. The molecule has 8 nitrogen and oxygen atoms in total. The minimum atomic E-state index is -3.34. The molecular weight excluding hydrogens is 378 g/mol. The van der Waals surface area contributed by atoms with Crippen molar-refractivity contribution < 1.29 is 8.42 Å². The molecule has 9 heteroatoms. The van der Waals surface area contributed by atoms with Gasteiger partial charge in [0.05, 0.1) is 18.0 Å². The van der Waals surface area contributed by atoms with E-state index in [4.69, 9.17) is 10.1 Å². The molecule has 0 amide bonds. The number of anilines is 1. The van der Waals surface area contributed by atoms with E-state index in [0.717, 1.165) is 24.8 Å². The SMILES string of the molecule is CCc1nn(C2CCCC2)c2nc(-c3ccc(NS(C)(=O)=O)cc3)[nH]c(=O)c12. The van der Waals surface area contributed by atoms with Crippen LogP contribution in [0, 0.1) is 0 Å². The Hall–Kier alpha value is -2.68. The molecule has 0 unspecified atom stereocenters. The third-order valence-corrected chi connectivity index (χ3v) is 5.71. The summed E-state index contributed by atoms with van der Waals surface area (Å²) in [5.41, 5.74) is 2.37. The quantitative estimate of drug-likeness (QED) is 0.683. The largest absolute Gasteiger partial charge is 0.306 e. The molecule has 0 bridgehead atoms. The van der Waals surface area contributed by atoms with Crippen LogP contribution in [0.15, 0.2) is 29.1 Å². The maximum Gasteiger partial charge on any atom is 0.262 e. The maximum atomic E-state index is 12.8. The highest BCUT2D eigenvalue weighted by Crippen LogP contribution is 2.32. The van der Waals surface area contributed by atoms with Crippen LogP contribution in [0.1, 0.15) is 44.3 Å². The van der Waals surface area contributed by atoms with E-state index >= 15 is 0 Å². The first-order valence-electron chi connectivity index (χ1n) is 9.45. The summed E-state index contributed by atoms with van der Waals surface area (Å²) in [6.07, 6.45) is 6.21. The second-order valence-corrected chi connectivity index (χ2v) is 9.00. The summed E-state index contributed by atoms with van der Waals surface area (Å²) in [6, 6.07) is 7.04. The molecule has 1 saturated carbocycles. The van der Waals surface area contributed by atoms with Gasteiger partial charge in [0, 0.05) is 11.3 Å². The average molecular weight is 401 g/mol. The van der Waals surface area contributed by atoms with Crippen molar-refractivity contribution in [2.75, 3.05) is 11.0 Å². The first-order valence-corrected chi connectivity index (χ1v) is 11.3. The van der Waals surface area contributed by atoms with Crippen molar-refractivity contribution in [1.82, 2.24) is 19.7 Å². The van der Waals surface area contributed by atoms with Crippen molar-refractivity contribution in [2.45, 2.75) is 45.1 Å². The number of rotatable bonds is 5. The van der Waals surface area contributed by atoms with E-state index in [1.807, 2.05) is 11.6 Å². The molecule has 4 rings (SSSR count). The summed E-state index contributed by atoms with van der Waals surface area (Å²) in [4.78, 5) is 20.4. The van der Waals surface area contributed by atoms with Gasteiger partial charge in [-0.25, -0.2) is 18.1 Å². The summed E-state index contributed by atoms with van der Waals surface area (Å²) in [5.74, 6) is 0.449. The highest BCUT2D eigenvalue weighted by atomic mass is 32.2. The summed E-state index contributed by atoms with van der Waals surface area (Å²) in [6.45, 7) is 1.99. The number of aromatic amines is 1. The van der Waals surface area contributed by atoms with Crippen LogP contribution in [0.4, 0.5) is 5.69 Å². The fourth-order valence-electron chi connectivity index (χ4n) is 3.81. The number of nitrogens with one attached hydrogen (secondary N) is 2. The van der Waals surface area contributed by atoms with E-state index in [0.29, 0.717) is 34.5 Å². The van der Waals surface area contributed by atoms with Crippen LogP contribution >= 0.6 is 0 Å². The van der Waals surface area contributed by atoms with Crippen LogP contribution in [0.3, 0.4) is 0 Å². The van der Waals surface area contributed by atoms with Crippen molar-refractivity contribution in [3.8, 4) is 11.4 Å². The number of H-pyrrole nitrogens is 1. The number of benzene rings is 1. The Kier molecular flexibility index (Phi) is 4.70. The molecule has 148 valence electrons. The summed E-state index contributed by atoms with van der Waals surface area (Å²) < 4.78 is 27.1. The lowest BCUT2D eigenvalue weighted by Gasteiger charge is -2.11. The fraction of sp³-hybridized carbons (Fsp3) is 0.421. The molecule has 1 fully saturated rings. The number of sulfonamides is 1. The van der Waals surface area contributed by atoms with Crippen LogP contribution in [0.5, 0.6) is 0 Å². The Morgan fingerprint density at radius 3 is 2.50 bits per heavy atom. The van der Waals surface area contributed by atoms with E-state index < -0.39 is 10.0 Å². The predicted molar refractivity (Wildman–Crippen MR) is 109 cm³/mol. The van der Waals surface area contributed by atoms with Crippen molar-refractivity contribution in [2.24, 2.45) is 0 Å². The summed E-state index contributed by atoms with van der Waals surface area (Å²) >= 11 is 0. The molecular formula is C19H23N5O3S. The molecule has 1 aromatic carbocycles. The van der Waals surface area contributed by atoms with Crippen LogP contribution < -0.4 is 10.3 Å². The molecule has 0 saturated heterocycles. The molecule has 1 aliphatic carbocycles. The zero-order valence-corrected chi connectivity index (χ0v) is 16.7. The van der Waals surface area contributed by atoms with Crippen LogP contribution in [0.2, 0.25) is 0 Å². The lowest BCUT2D eigenvalue weighted by Crippen LogP contribution is -2.13. The van der Waals surface area contributed by atoms with Crippen molar-refractivity contribution >= 4 is 26.7 Å². The van der Waals surface area contributed by atoms with E-state index in [1.165, 1.54) is 12.8 Å². The minimum absolute atomic E-state index is 0.195. The highest BCUT2D eigenvalue weighted by Gasteiger charge is 2.24. The monoisotopic (exact) mass is 401 g/mol. The molecule has 0 radical (unpaired) electrons. The number of hydrogen-bond donors (Lipinski definition) is 2. The van der Waals surface area contributed by atoms with Crippen LogP contribution in [-0.4, -0.2) is 34.4 Å². The van der Waals surface area contributed by atoms with Gasteiger partial charge in [-0.1, -0.05) is 19.8 Å². The van der Waals surface area contributed by atoms with Gasteiger partial charge in [-0.15, -0.1) is 0 Å². The van der Waals surface area contributed by atoms with Gasteiger partial charge >= 0.3 is 0 Å². The molecule has 1 aliphatic rings. The predicted octanol–water partition coefficient (Wildman–Crippen LogP) is 2.84. The Bertz CT molecular complexity index is 1170. The number of aryl methyl sites for hydroxylation is 1. The van der Waals surface area contributed by atoms with Gasteiger partial charge in [0.15, 0.2) is 5.65 Å². The number of fused-ring (bicyclic) bond motifs is 1. The Labute approximate surface area is 163 Å². The zero-order chi connectivity index (χ0) is 19.9. The van der Waals surface area contributed by atoms with E-state index in [1.54, 1.807) is 24.3 Å². The second-order valence-electron chi connectivity index (χ2n) is 7.25. The summed E-state index contributed by atoms with van der Waals surface area (Å²) in [7, 11) is -3.34. The van der Waals surface area contributed by atoms with Crippen molar-refractivity contribution in [3.63, 3.8) is 0 Å². The maximum absolute atomic E-state index is 12.8. The lowest BCUT2D eigenvalue weighted by atomic mass is 10.2. The van der Waals surface area contributed by atoms with Crippen molar-refractivity contribution in [3.05, 3.63) is 40.3 Å². The lowest BCUT2D eigenvalue weighted by molar-refractivity contribution is 0.474. The average Bonchev–Trinajstić information content (AvgIpc) is 3.28. The molecule has 2 aromatic heterocycles. The van der Waals surface area contributed by atoms with Crippen LogP contribution in [-0.2, 0) is 16.4 Å². The topological polar surface area (TPSA) is 110 Å². The summed E-state index contributed by atoms with van der Waals surface area (Å²) in [5, 5.41) is 5.26. The van der Waals surface area contributed by atoms with E-state index in [-0.39, 0.29) is 11.6 Å². The van der Waals surface area contributed by atoms with Gasteiger partial charge in [0.25, 0.3) is 5.56 Å². The van der Waals surface area contributed by atoms with Gasteiger partial charge in [0.1, 0.15) is 11.2 Å².